The van der Waals surface area contributed by atoms with E-state index in [0.717, 1.165) is 17.5 Å². The number of hydrogen-bond donors (Lipinski definition) is 1. The van der Waals surface area contributed by atoms with Crippen molar-refractivity contribution >= 4 is 23.7 Å². The van der Waals surface area contributed by atoms with E-state index in [-0.39, 0.29) is 11.4 Å². The second-order valence-corrected chi connectivity index (χ2v) is 7.57. The number of nitrogens with zero attached hydrogens (tertiary/aromatic N) is 2. The first-order valence-corrected chi connectivity index (χ1v) is 10.7. The van der Waals surface area contributed by atoms with E-state index in [2.05, 4.69) is 11.6 Å². The molecular weight excluding hydrogens is 434 g/mol. The summed E-state index contributed by atoms with van der Waals surface area (Å²) in [6.07, 6.45) is 5.83. The summed E-state index contributed by atoms with van der Waals surface area (Å²) in [5, 5.41) is 9.51. The smallest absolute Gasteiger partial charge is 0.282 e. The molecule has 0 aromatic heterocycles. The third-order valence-electron chi connectivity index (χ3n) is 5.09. The molecule has 8 nitrogen and oxygen atoms in total. The summed E-state index contributed by atoms with van der Waals surface area (Å²) in [5.74, 6) is 2.35. The number of amides is 1. The van der Waals surface area contributed by atoms with Crippen molar-refractivity contribution in [2.45, 2.75) is 13.3 Å². The molecule has 0 spiro atoms. The van der Waals surface area contributed by atoms with E-state index in [0.29, 0.717) is 42.1 Å². The van der Waals surface area contributed by atoms with Crippen molar-refractivity contribution in [1.29, 1.82) is 5.41 Å². The highest BCUT2D eigenvalue weighted by molar-refractivity contribution is 6.32. The minimum absolute atomic E-state index is 0.0477. The maximum Gasteiger partial charge on any atom is 0.282 e. The van der Waals surface area contributed by atoms with Crippen molar-refractivity contribution in [2.75, 3.05) is 20.3 Å². The number of methoxy groups -OCH3 is 1. The standard InChI is InChI=1S/C26H25N3O5/c1-4-5-18-8-11-22(23(16-18)31-3)33-13-12-32-20-9-6-19(7-10-20)15-21-25(27)29-24(28-26(21)30)14-17(2)34-29/h4,6-11,14-16,27H,1,5,12-13H2,2-3H3/b21-15-,27-25?. The molecule has 2 aromatic rings. The number of aliphatic imine (C=N–C) groups is 1. The van der Waals surface area contributed by atoms with Gasteiger partial charge in [0.1, 0.15) is 24.7 Å². The second kappa shape index (κ2) is 10.1. The number of ether oxygens (including phenoxy) is 3. The number of carbonyl (C=O) groups excluding carboxylic acids is 1. The lowest BCUT2D eigenvalue weighted by Crippen LogP contribution is -2.38. The topological polar surface area (TPSA) is 93.4 Å². The molecule has 4 rings (SSSR count). The largest absolute Gasteiger partial charge is 0.493 e. The van der Waals surface area contributed by atoms with Crippen molar-refractivity contribution in [3.05, 3.63) is 83.7 Å². The molecule has 8 heteroatoms. The third kappa shape index (κ3) is 5.01. The van der Waals surface area contributed by atoms with E-state index < -0.39 is 5.91 Å². The molecule has 2 aliphatic heterocycles. The van der Waals surface area contributed by atoms with Crippen LogP contribution in [0.1, 0.15) is 18.1 Å². The summed E-state index contributed by atoms with van der Waals surface area (Å²) in [6, 6.07) is 13.0. The summed E-state index contributed by atoms with van der Waals surface area (Å²) >= 11 is 0. The predicted octanol–water partition coefficient (Wildman–Crippen LogP) is 4.33. The minimum atomic E-state index is -0.476. The number of allylic oxidation sites excluding steroid dienone is 2. The molecule has 2 heterocycles. The first kappa shape index (κ1) is 22.8. The average molecular weight is 460 g/mol. The molecule has 2 aromatic carbocycles. The fourth-order valence-corrected chi connectivity index (χ4v) is 3.46. The predicted molar refractivity (Wildman–Crippen MR) is 129 cm³/mol. The normalized spacial score (nSPS) is 15.9. The van der Waals surface area contributed by atoms with Crippen LogP contribution in [0.15, 0.2) is 77.5 Å². The zero-order valence-corrected chi connectivity index (χ0v) is 19.0. The van der Waals surface area contributed by atoms with Crippen LogP contribution in [0.25, 0.3) is 6.08 Å². The Morgan fingerprint density at radius 2 is 1.88 bits per heavy atom. The zero-order valence-electron chi connectivity index (χ0n) is 19.0. The van der Waals surface area contributed by atoms with Gasteiger partial charge >= 0.3 is 0 Å². The zero-order chi connectivity index (χ0) is 24.1. The van der Waals surface area contributed by atoms with Crippen LogP contribution >= 0.6 is 0 Å². The summed E-state index contributed by atoms with van der Waals surface area (Å²) in [5.41, 5.74) is 1.99. The Balaban J connectivity index is 1.32. The number of rotatable bonds is 9. The molecule has 0 saturated carbocycles. The Bertz CT molecular complexity index is 1210. The van der Waals surface area contributed by atoms with Gasteiger partial charge in [0.15, 0.2) is 23.2 Å². The molecular formula is C26H25N3O5. The van der Waals surface area contributed by atoms with E-state index in [1.54, 1.807) is 50.5 Å². The SMILES string of the molecule is C=CCc1ccc(OCCOc2ccc(/C=C3/C(=N)N4OC(C)=CC4=NC3=O)cc2)c(OC)c1. The van der Waals surface area contributed by atoms with Crippen molar-refractivity contribution in [3.63, 3.8) is 0 Å². The number of carbonyl (C=O) groups is 1. The number of benzene rings is 2. The molecule has 0 bridgehead atoms. The Morgan fingerprint density at radius 3 is 2.62 bits per heavy atom. The maximum atomic E-state index is 12.4. The summed E-state index contributed by atoms with van der Waals surface area (Å²) < 4.78 is 16.9. The van der Waals surface area contributed by atoms with Gasteiger partial charge in [0.2, 0.25) is 0 Å². The second-order valence-electron chi connectivity index (χ2n) is 7.57. The lowest BCUT2D eigenvalue weighted by molar-refractivity contribution is -0.114. The van der Waals surface area contributed by atoms with Crippen molar-refractivity contribution in [3.8, 4) is 17.2 Å². The molecule has 1 amide bonds. The van der Waals surface area contributed by atoms with E-state index in [1.165, 1.54) is 5.06 Å². The monoisotopic (exact) mass is 459 g/mol. The van der Waals surface area contributed by atoms with Gasteiger partial charge in [-0.1, -0.05) is 24.3 Å². The van der Waals surface area contributed by atoms with Gasteiger partial charge in [-0.05, 0) is 54.8 Å². The minimum Gasteiger partial charge on any atom is -0.493 e. The summed E-state index contributed by atoms with van der Waals surface area (Å²) in [4.78, 5) is 21.8. The Morgan fingerprint density at radius 1 is 1.12 bits per heavy atom. The molecule has 2 aliphatic rings. The summed E-state index contributed by atoms with van der Waals surface area (Å²) in [7, 11) is 1.61. The average Bonchev–Trinajstić information content (AvgIpc) is 3.21. The van der Waals surface area contributed by atoms with Crippen LogP contribution < -0.4 is 14.2 Å². The quantitative estimate of drug-likeness (QED) is 0.341. The summed E-state index contributed by atoms with van der Waals surface area (Å²) in [6.45, 7) is 6.18. The highest BCUT2D eigenvalue weighted by atomic mass is 16.7. The third-order valence-corrected chi connectivity index (χ3v) is 5.09. The van der Waals surface area contributed by atoms with Crippen LogP contribution in [0.2, 0.25) is 0 Å². The molecule has 34 heavy (non-hydrogen) atoms. The van der Waals surface area contributed by atoms with Crippen LogP contribution in [-0.4, -0.2) is 43.0 Å². The van der Waals surface area contributed by atoms with E-state index in [9.17, 15) is 4.79 Å². The van der Waals surface area contributed by atoms with Crippen molar-refractivity contribution < 1.29 is 23.8 Å². The van der Waals surface area contributed by atoms with Gasteiger partial charge in [-0.3, -0.25) is 10.2 Å². The Labute approximate surface area is 197 Å². The molecule has 0 saturated heterocycles. The van der Waals surface area contributed by atoms with Gasteiger partial charge in [0.05, 0.1) is 12.7 Å². The van der Waals surface area contributed by atoms with Crippen LogP contribution in [0.5, 0.6) is 17.2 Å². The number of nitrogens with one attached hydrogen (secondary N) is 1. The van der Waals surface area contributed by atoms with Gasteiger partial charge in [0, 0.05) is 6.08 Å². The van der Waals surface area contributed by atoms with Gasteiger partial charge in [-0.15, -0.1) is 11.6 Å². The number of fused-ring (bicyclic) bond motifs is 1. The van der Waals surface area contributed by atoms with E-state index in [4.69, 9.17) is 24.5 Å². The van der Waals surface area contributed by atoms with E-state index >= 15 is 0 Å². The number of amidine groups is 2. The van der Waals surface area contributed by atoms with Crippen LogP contribution in [0.3, 0.4) is 0 Å². The lowest BCUT2D eigenvalue weighted by Gasteiger charge is -2.22. The highest BCUT2D eigenvalue weighted by Crippen LogP contribution is 2.28. The highest BCUT2D eigenvalue weighted by Gasteiger charge is 2.34. The fraction of sp³-hybridized carbons (Fsp3) is 0.192. The van der Waals surface area contributed by atoms with Gasteiger partial charge in [0.25, 0.3) is 5.91 Å². The van der Waals surface area contributed by atoms with Gasteiger partial charge < -0.3 is 19.0 Å². The molecule has 0 unspecified atom stereocenters. The van der Waals surface area contributed by atoms with Crippen LogP contribution in [0, 0.1) is 5.41 Å². The van der Waals surface area contributed by atoms with Gasteiger partial charge in [-0.2, -0.15) is 4.99 Å². The molecule has 0 fully saturated rings. The Kier molecular flexibility index (Phi) is 6.77. The van der Waals surface area contributed by atoms with Crippen LogP contribution in [-0.2, 0) is 16.1 Å². The molecule has 0 aliphatic carbocycles. The maximum absolute atomic E-state index is 12.4. The van der Waals surface area contributed by atoms with Crippen LogP contribution in [0.4, 0.5) is 0 Å². The van der Waals surface area contributed by atoms with Gasteiger partial charge in [-0.25, -0.2) is 0 Å². The number of hydrogen-bond acceptors (Lipinski definition) is 6. The first-order chi connectivity index (χ1) is 16.5. The molecule has 0 atom stereocenters. The number of hydroxylamine groups is 2. The molecule has 174 valence electrons. The molecule has 0 radical (unpaired) electrons. The lowest BCUT2D eigenvalue weighted by atomic mass is 10.1. The first-order valence-electron chi connectivity index (χ1n) is 10.7. The molecule has 1 N–H and O–H groups in total. The fourth-order valence-electron chi connectivity index (χ4n) is 3.46. The van der Waals surface area contributed by atoms with Crippen molar-refractivity contribution in [1.82, 2.24) is 5.06 Å². The van der Waals surface area contributed by atoms with Crippen molar-refractivity contribution in [2.24, 2.45) is 4.99 Å². The van der Waals surface area contributed by atoms with E-state index in [1.807, 2.05) is 24.3 Å². The Hall–Kier alpha value is -4.33.